The van der Waals surface area contributed by atoms with Crippen molar-refractivity contribution in [1.82, 2.24) is 10.1 Å². The molecule has 0 spiro atoms. The smallest absolute Gasteiger partial charge is 0.245 e. The molecule has 7 heteroatoms. The number of anilines is 1. The number of aromatic nitrogens is 1. The molecule has 0 bridgehead atoms. The maximum atomic E-state index is 11.6. The Morgan fingerprint density at radius 1 is 1.47 bits per heavy atom. The molecule has 1 aromatic rings. The molecule has 19 heavy (non-hydrogen) atoms. The molecule has 1 rings (SSSR count). The number of nitrogens with zero attached hydrogens (tertiary/aromatic N) is 2. The summed E-state index contributed by atoms with van der Waals surface area (Å²) in [6, 6.07) is 1.60. The van der Waals surface area contributed by atoms with Crippen LogP contribution < -0.4 is 5.32 Å². The molecule has 0 saturated heterocycles. The molecule has 0 fully saturated rings. The van der Waals surface area contributed by atoms with Crippen molar-refractivity contribution in [2.45, 2.75) is 26.2 Å². The molecular weight excluding hydrogens is 250 g/mol. The Kier molecular flexibility index (Phi) is 6.01. The van der Waals surface area contributed by atoms with Gasteiger partial charge in [0.1, 0.15) is 5.76 Å². The molecule has 2 amide bonds. The molecule has 0 unspecified atom stereocenters. The van der Waals surface area contributed by atoms with Crippen LogP contribution in [0.2, 0.25) is 0 Å². The lowest BCUT2D eigenvalue weighted by Crippen LogP contribution is -2.34. The highest BCUT2D eigenvalue weighted by Gasteiger charge is 2.13. The third-order valence-corrected chi connectivity index (χ3v) is 2.50. The largest absolute Gasteiger partial charge is 0.396 e. The fourth-order valence-corrected chi connectivity index (χ4v) is 1.49. The van der Waals surface area contributed by atoms with Gasteiger partial charge in [0.05, 0.1) is 6.54 Å². The zero-order chi connectivity index (χ0) is 14.3. The van der Waals surface area contributed by atoms with Crippen LogP contribution in [-0.2, 0) is 9.59 Å². The second kappa shape index (κ2) is 7.52. The molecule has 0 radical (unpaired) electrons. The van der Waals surface area contributed by atoms with Gasteiger partial charge in [-0.3, -0.25) is 9.59 Å². The van der Waals surface area contributed by atoms with Gasteiger partial charge in [0.25, 0.3) is 0 Å². The Morgan fingerprint density at radius 3 is 2.79 bits per heavy atom. The Labute approximate surface area is 111 Å². The first-order valence-electron chi connectivity index (χ1n) is 6.11. The highest BCUT2D eigenvalue weighted by atomic mass is 16.5. The van der Waals surface area contributed by atoms with E-state index in [0.29, 0.717) is 30.8 Å². The van der Waals surface area contributed by atoms with Crippen molar-refractivity contribution < 1.29 is 19.2 Å². The van der Waals surface area contributed by atoms with E-state index in [2.05, 4.69) is 10.5 Å². The second-order valence-electron chi connectivity index (χ2n) is 4.30. The number of rotatable bonds is 7. The SMILES string of the molecule is Cc1cc(NC(=O)CN(C)C(=O)CCCCO)no1. The summed E-state index contributed by atoms with van der Waals surface area (Å²) in [5.74, 6) is 0.485. The van der Waals surface area contributed by atoms with Gasteiger partial charge in [-0.2, -0.15) is 0 Å². The second-order valence-corrected chi connectivity index (χ2v) is 4.30. The number of hydrogen-bond acceptors (Lipinski definition) is 5. The van der Waals surface area contributed by atoms with Crippen LogP contribution in [0.3, 0.4) is 0 Å². The Morgan fingerprint density at radius 2 is 2.21 bits per heavy atom. The van der Waals surface area contributed by atoms with E-state index in [4.69, 9.17) is 9.63 Å². The number of amides is 2. The lowest BCUT2D eigenvalue weighted by molar-refractivity contribution is -0.133. The van der Waals surface area contributed by atoms with Gasteiger partial charge in [-0.15, -0.1) is 0 Å². The van der Waals surface area contributed by atoms with Gasteiger partial charge in [0, 0.05) is 26.1 Å². The van der Waals surface area contributed by atoms with Gasteiger partial charge in [-0.05, 0) is 19.8 Å². The van der Waals surface area contributed by atoms with Crippen LogP contribution in [0.1, 0.15) is 25.0 Å². The van der Waals surface area contributed by atoms with Crippen molar-refractivity contribution in [1.29, 1.82) is 0 Å². The molecule has 0 atom stereocenters. The number of carbonyl (C=O) groups excluding carboxylic acids is 2. The minimum atomic E-state index is -0.327. The van der Waals surface area contributed by atoms with E-state index < -0.39 is 0 Å². The monoisotopic (exact) mass is 269 g/mol. The number of carbonyl (C=O) groups is 2. The Hall–Kier alpha value is -1.89. The third-order valence-electron chi connectivity index (χ3n) is 2.50. The van der Waals surface area contributed by atoms with Crippen molar-refractivity contribution >= 4 is 17.6 Å². The Bertz CT molecular complexity index is 430. The summed E-state index contributed by atoms with van der Waals surface area (Å²) in [6.07, 6.45) is 1.53. The Balaban J connectivity index is 2.32. The summed E-state index contributed by atoms with van der Waals surface area (Å²) < 4.78 is 4.81. The number of hydrogen-bond donors (Lipinski definition) is 2. The lowest BCUT2D eigenvalue weighted by atomic mass is 10.2. The van der Waals surface area contributed by atoms with Crippen LogP contribution in [0.4, 0.5) is 5.82 Å². The molecule has 0 aliphatic heterocycles. The van der Waals surface area contributed by atoms with Gasteiger partial charge in [-0.1, -0.05) is 5.16 Å². The number of aryl methyl sites for hydroxylation is 1. The molecular formula is C12H19N3O4. The average Bonchev–Trinajstić information content (AvgIpc) is 2.74. The van der Waals surface area contributed by atoms with Gasteiger partial charge in [0.15, 0.2) is 5.82 Å². The summed E-state index contributed by atoms with van der Waals surface area (Å²) in [5.41, 5.74) is 0. The number of nitrogens with one attached hydrogen (secondary N) is 1. The van der Waals surface area contributed by atoms with E-state index in [1.165, 1.54) is 4.90 Å². The van der Waals surface area contributed by atoms with Crippen molar-refractivity contribution in [2.75, 3.05) is 25.5 Å². The lowest BCUT2D eigenvalue weighted by Gasteiger charge is -2.16. The first kappa shape index (κ1) is 15.2. The van der Waals surface area contributed by atoms with Crippen molar-refractivity contribution in [3.63, 3.8) is 0 Å². The van der Waals surface area contributed by atoms with Crippen LogP contribution in [0, 0.1) is 6.92 Å². The quantitative estimate of drug-likeness (QED) is 0.704. The highest BCUT2D eigenvalue weighted by molar-refractivity contribution is 5.93. The van der Waals surface area contributed by atoms with E-state index in [1.54, 1.807) is 20.0 Å². The van der Waals surface area contributed by atoms with Gasteiger partial charge >= 0.3 is 0 Å². The minimum Gasteiger partial charge on any atom is -0.396 e. The van der Waals surface area contributed by atoms with Gasteiger partial charge in [0.2, 0.25) is 11.8 Å². The number of likely N-dealkylation sites (N-methyl/N-ethyl adjacent to an activating group) is 1. The summed E-state index contributed by atoms with van der Waals surface area (Å²) in [5, 5.41) is 14.8. The standard InChI is InChI=1S/C12H19N3O4/c1-9-7-10(14-19-9)13-11(17)8-15(2)12(18)5-3-4-6-16/h7,16H,3-6,8H2,1-2H3,(H,13,14,17). The predicted octanol–water partition coefficient (Wildman–Crippen LogP) is 0.543. The van der Waals surface area contributed by atoms with Crippen molar-refractivity contribution in [2.24, 2.45) is 0 Å². The molecule has 106 valence electrons. The first-order valence-corrected chi connectivity index (χ1v) is 6.11. The normalized spacial score (nSPS) is 10.3. The fourth-order valence-electron chi connectivity index (χ4n) is 1.49. The topological polar surface area (TPSA) is 95.7 Å². The summed E-state index contributed by atoms with van der Waals surface area (Å²) in [4.78, 5) is 24.6. The van der Waals surface area contributed by atoms with E-state index in [-0.39, 0.29) is 25.0 Å². The van der Waals surface area contributed by atoms with E-state index in [9.17, 15) is 9.59 Å². The third kappa shape index (κ3) is 5.52. The molecule has 0 aliphatic rings. The molecule has 1 aromatic heterocycles. The predicted molar refractivity (Wildman–Crippen MR) is 68.4 cm³/mol. The van der Waals surface area contributed by atoms with Gasteiger partial charge < -0.3 is 19.8 Å². The van der Waals surface area contributed by atoms with Crippen LogP contribution in [0.5, 0.6) is 0 Å². The average molecular weight is 269 g/mol. The number of aliphatic hydroxyl groups is 1. The number of aliphatic hydroxyl groups excluding tert-OH is 1. The van der Waals surface area contributed by atoms with Crippen molar-refractivity contribution in [3.8, 4) is 0 Å². The molecule has 1 heterocycles. The van der Waals surface area contributed by atoms with Crippen LogP contribution in [-0.4, -0.2) is 47.2 Å². The maximum absolute atomic E-state index is 11.6. The van der Waals surface area contributed by atoms with E-state index in [1.807, 2.05) is 0 Å². The molecule has 0 aromatic carbocycles. The first-order chi connectivity index (χ1) is 9.02. The summed E-state index contributed by atoms with van der Waals surface area (Å²) in [7, 11) is 1.56. The summed E-state index contributed by atoms with van der Waals surface area (Å²) in [6.45, 7) is 1.76. The van der Waals surface area contributed by atoms with E-state index in [0.717, 1.165) is 0 Å². The molecule has 7 nitrogen and oxygen atoms in total. The van der Waals surface area contributed by atoms with Crippen LogP contribution in [0.15, 0.2) is 10.6 Å². The molecule has 0 saturated carbocycles. The van der Waals surface area contributed by atoms with Crippen LogP contribution >= 0.6 is 0 Å². The van der Waals surface area contributed by atoms with Crippen molar-refractivity contribution in [3.05, 3.63) is 11.8 Å². The number of unbranched alkanes of at least 4 members (excludes halogenated alkanes) is 1. The zero-order valence-electron chi connectivity index (χ0n) is 11.2. The zero-order valence-corrected chi connectivity index (χ0v) is 11.2. The van der Waals surface area contributed by atoms with Gasteiger partial charge in [-0.25, -0.2) is 0 Å². The highest BCUT2D eigenvalue weighted by Crippen LogP contribution is 2.07. The minimum absolute atomic E-state index is 0.0378. The van der Waals surface area contributed by atoms with E-state index >= 15 is 0 Å². The molecule has 2 N–H and O–H groups in total. The fraction of sp³-hybridized carbons (Fsp3) is 0.583. The summed E-state index contributed by atoms with van der Waals surface area (Å²) >= 11 is 0. The molecule has 0 aliphatic carbocycles. The van der Waals surface area contributed by atoms with Crippen LogP contribution in [0.25, 0.3) is 0 Å². The maximum Gasteiger partial charge on any atom is 0.245 e.